The molecule has 2 aromatic carbocycles. The zero-order valence-electron chi connectivity index (χ0n) is 14.0. The van der Waals surface area contributed by atoms with Gasteiger partial charge >= 0.3 is 12.1 Å². The maximum atomic E-state index is 12.9. The average Bonchev–Trinajstić information content (AvgIpc) is 2.85. The molecule has 1 heterocycles. The molecular formula is C19H14F3NO4. The number of carboxylic acid groups (broad SMARTS) is 1. The number of hydrogen-bond acceptors (Lipinski definition) is 3. The van der Waals surface area contributed by atoms with Crippen LogP contribution in [0.2, 0.25) is 0 Å². The highest BCUT2D eigenvalue weighted by molar-refractivity contribution is 6.04. The van der Waals surface area contributed by atoms with Crippen molar-refractivity contribution in [2.45, 2.75) is 19.5 Å². The number of phenols is 1. The van der Waals surface area contributed by atoms with Crippen LogP contribution in [0.25, 0.3) is 10.9 Å². The third kappa shape index (κ3) is 3.38. The molecule has 1 aromatic heterocycles. The number of aromatic hydroxyl groups is 1. The number of carboxylic acids is 1. The molecule has 0 radical (unpaired) electrons. The maximum Gasteiger partial charge on any atom is 0.416 e. The third-order valence-electron chi connectivity index (χ3n) is 4.31. The number of nitrogens with zero attached hydrogens (tertiary/aromatic N) is 1. The van der Waals surface area contributed by atoms with Crippen molar-refractivity contribution in [3.8, 4) is 5.75 Å². The number of alkyl halides is 3. The zero-order valence-corrected chi connectivity index (χ0v) is 14.0. The number of rotatable bonds is 3. The maximum absolute atomic E-state index is 12.9. The topological polar surface area (TPSA) is 79.5 Å². The first kappa shape index (κ1) is 18.5. The molecule has 0 saturated heterocycles. The van der Waals surface area contributed by atoms with Gasteiger partial charge in [-0.15, -0.1) is 0 Å². The molecule has 0 aliphatic carbocycles. The summed E-state index contributed by atoms with van der Waals surface area (Å²) in [7, 11) is 0. The van der Waals surface area contributed by atoms with Gasteiger partial charge in [0, 0.05) is 16.6 Å². The fourth-order valence-electron chi connectivity index (χ4n) is 3.04. The van der Waals surface area contributed by atoms with Crippen molar-refractivity contribution < 1.29 is 33.0 Å². The fraction of sp³-hybridized carbons (Fsp3) is 0.158. The Hall–Kier alpha value is -3.29. The van der Waals surface area contributed by atoms with Gasteiger partial charge in [0.15, 0.2) is 0 Å². The highest BCUT2D eigenvalue weighted by Crippen LogP contribution is 2.32. The molecule has 0 aliphatic rings. The molecule has 0 atom stereocenters. The number of hydrogen-bond donors (Lipinski definition) is 2. The molecule has 0 amide bonds. The van der Waals surface area contributed by atoms with E-state index in [0.717, 1.165) is 24.3 Å². The molecule has 0 saturated carbocycles. The van der Waals surface area contributed by atoms with Gasteiger partial charge in [-0.05, 0) is 55.0 Å². The van der Waals surface area contributed by atoms with Crippen LogP contribution in [0.3, 0.4) is 0 Å². The first-order chi connectivity index (χ1) is 12.6. The molecule has 5 nitrogen and oxygen atoms in total. The Labute approximate surface area is 151 Å². The Morgan fingerprint density at radius 1 is 1.07 bits per heavy atom. The quantitative estimate of drug-likeness (QED) is 0.723. The summed E-state index contributed by atoms with van der Waals surface area (Å²) in [5.41, 5.74) is 0.227. The van der Waals surface area contributed by atoms with Crippen molar-refractivity contribution in [3.63, 3.8) is 0 Å². The van der Waals surface area contributed by atoms with Crippen molar-refractivity contribution >= 4 is 22.8 Å². The zero-order chi connectivity index (χ0) is 19.9. The van der Waals surface area contributed by atoms with Crippen molar-refractivity contribution in [1.29, 1.82) is 0 Å². The number of benzene rings is 2. The first-order valence-corrected chi connectivity index (χ1v) is 7.86. The van der Waals surface area contributed by atoms with E-state index in [1.165, 1.54) is 22.8 Å². The minimum absolute atomic E-state index is 0.0259. The summed E-state index contributed by atoms with van der Waals surface area (Å²) in [6.45, 7) is 1.55. The van der Waals surface area contributed by atoms with Crippen LogP contribution < -0.4 is 0 Å². The number of aliphatic carboxylic acids is 1. The standard InChI is InChI=1S/C19H14F3NO4/c1-10-14(9-17(25)26)15-8-13(24)6-7-16(15)23(10)18(27)11-2-4-12(5-3-11)19(20,21)22/h2-8,24H,9H2,1H3,(H,25,26). The van der Waals surface area contributed by atoms with Gasteiger partial charge in [-0.3, -0.25) is 14.2 Å². The first-order valence-electron chi connectivity index (χ1n) is 7.86. The molecule has 0 bridgehead atoms. The van der Waals surface area contributed by atoms with E-state index in [0.29, 0.717) is 22.2 Å². The summed E-state index contributed by atoms with van der Waals surface area (Å²) in [6, 6.07) is 7.96. The van der Waals surface area contributed by atoms with Crippen molar-refractivity contribution in [3.05, 3.63) is 64.8 Å². The summed E-state index contributed by atoms with van der Waals surface area (Å²) in [4.78, 5) is 24.1. The van der Waals surface area contributed by atoms with Crippen LogP contribution in [-0.2, 0) is 17.4 Å². The predicted octanol–water partition coefficient (Wildman–Crippen LogP) is 3.99. The number of fused-ring (bicyclic) bond motifs is 1. The van der Waals surface area contributed by atoms with Crippen LogP contribution in [0.4, 0.5) is 13.2 Å². The van der Waals surface area contributed by atoms with Crippen LogP contribution in [0.1, 0.15) is 27.2 Å². The molecule has 0 aliphatic heterocycles. The normalized spacial score (nSPS) is 11.7. The van der Waals surface area contributed by atoms with Gasteiger partial charge in [-0.2, -0.15) is 13.2 Å². The van der Waals surface area contributed by atoms with E-state index in [2.05, 4.69) is 0 Å². The largest absolute Gasteiger partial charge is 0.508 e. The van der Waals surface area contributed by atoms with Crippen molar-refractivity contribution in [2.24, 2.45) is 0 Å². The molecule has 2 N–H and O–H groups in total. The highest BCUT2D eigenvalue weighted by Gasteiger charge is 2.30. The Morgan fingerprint density at radius 2 is 1.70 bits per heavy atom. The number of carbonyl (C=O) groups excluding carboxylic acids is 1. The minimum Gasteiger partial charge on any atom is -0.508 e. The third-order valence-corrected chi connectivity index (χ3v) is 4.31. The van der Waals surface area contributed by atoms with Crippen molar-refractivity contribution in [1.82, 2.24) is 4.57 Å². The van der Waals surface area contributed by atoms with Gasteiger partial charge in [0.05, 0.1) is 17.5 Å². The lowest BCUT2D eigenvalue weighted by molar-refractivity contribution is -0.138. The van der Waals surface area contributed by atoms with Gasteiger partial charge in [-0.25, -0.2) is 0 Å². The Kier molecular flexibility index (Phi) is 4.43. The smallest absolute Gasteiger partial charge is 0.416 e. The molecule has 0 unspecified atom stereocenters. The second-order valence-electron chi connectivity index (χ2n) is 6.05. The Morgan fingerprint density at radius 3 is 2.26 bits per heavy atom. The number of aromatic nitrogens is 1. The lowest BCUT2D eigenvalue weighted by Gasteiger charge is -2.10. The van der Waals surface area contributed by atoms with E-state index >= 15 is 0 Å². The molecule has 140 valence electrons. The highest BCUT2D eigenvalue weighted by atomic mass is 19.4. The van der Waals surface area contributed by atoms with E-state index in [4.69, 9.17) is 5.11 Å². The van der Waals surface area contributed by atoms with E-state index in [1.807, 2.05) is 0 Å². The van der Waals surface area contributed by atoms with Crippen molar-refractivity contribution in [2.75, 3.05) is 0 Å². The molecule has 8 heteroatoms. The summed E-state index contributed by atoms with van der Waals surface area (Å²) in [5, 5.41) is 19.2. The minimum atomic E-state index is -4.51. The second kappa shape index (κ2) is 6.46. The van der Waals surface area contributed by atoms with Gasteiger partial charge in [-0.1, -0.05) is 0 Å². The summed E-state index contributed by atoms with van der Waals surface area (Å²) < 4.78 is 39.4. The van der Waals surface area contributed by atoms with Gasteiger partial charge < -0.3 is 10.2 Å². The molecule has 0 fully saturated rings. The van der Waals surface area contributed by atoms with Crippen LogP contribution >= 0.6 is 0 Å². The van der Waals surface area contributed by atoms with Gasteiger partial charge in [0.25, 0.3) is 5.91 Å². The Balaban J connectivity index is 2.14. The lowest BCUT2D eigenvalue weighted by atomic mass is 10.1. The van der Waals surface area contributed by atoms with Gasteiger partial charge in [0.2, 0.25) is 0 Å². The van der Waals surface area contributed by atoms with E-state index < -0.39 is 23.6 Å². The van der Waals surface area contributed by atoms with E-state index in [9.17, 15) is 27.9 Å². The van der Waals surface area contributed by atoms with Crippen LogP contribution in [-0.4, -0.2) is 26.7 Å². The molecular weight excluding hydrogens is 363 g/mol. The SMILES string of the molecule is Cc1c(CC(=O)O)c2cc(O)ccc2n1C(=O)c1ccc(C(F)(F)F)cc1. The summed E-state index contributed by atoms with van der Waals surface area (Å²) in [6.07, 6.45) is -4.87. The Bertz CT molecular complexity index is 1050. The van der Waals surface area contributed by atoms with Crippen LogP contribution in [0.15, 0.2) is 42.5 Å². The van der Waals surface area contributed by atoms with Crippen LogP contribution in [0, 0.1) is 6.92 Å². The predicted molar refractivity (Wildman–Crippen MR) is 90.9 cm³/mol. The van der Waals surface area contributed by atoms with Gasteiger partial charge in [0.1, 0.15) is 5.75 Å². The summed E-state index contributed by atoms with van der Waals surface area (Å²) in [5.74, 6) is -1.79. The summed E-state index contributed by atoms with van der Waals surface area (Å²) >= 11 is 0. The monoisotopic (exact) mass is 377 g/mol. The number of carbonyl (C=O) groups is 2. The van der Waals surface area contributed by atoms with E-state index in [-0.39, 0.29) is 17.7 Å². The number of halogens is 3. The number of phenolic OH excluding ortho intramolecular Hbond substituents is 1. The molecule has 3 aromatic rings. The van der Waals surface area contributed by atoms with E-state index in [1.54, 1.807) is 6.92 Å². The molecule has 27 heavy (non-hydrogen) atoms. The molecule has 3 rings (SSSR count). The van der Waals surface area contributed by atoms with Crippen LogP contribution in [0.5, 0.6) is 5.75 Å². The average molecular weight is 377 g/mol. The fourth-order valence-corrected chi connectivity index (χ4v) is 3.04. The second-order valence-corrected chi connectivity index (χ2v) is 6.05. The molecule has 0 spiro atoms. The lowest BCUT2D eigenvalue weighted by Crippen LogP contribution is -2.15.